The lowest BCUT2D eigenvalue weighted by Crippen LogP contribution is -2.45. The van der Waals surface area contributed by atoms with Crippen molar-refractivity contribution in [1.29, 1.82) is 0 Å². The Bertz CT molecular complexity index is 843. The smallest absolute Gasteiger partial charge is 0.417 e. The molecule has 3 rings (SSSR count). The van der Waals surface area contributed by atoms with Gasteiger partial charge in [-0.25, -0.2) is 9.69 Å². The molecule has 0 aliphatic carbocycles. The minimum Gasteiger partial charge on any atom is -0.444 e. The SMILES string of the molecule is Cc1cc(C)cc(NC(=O)[C@@H]2CCC(=O)N2C(=O)OCc2ccccc2)c1. The first-order chi connectivity index (χ1) is 12.9. The van der Waals surface area contributed by atoms with Gasteiger partial charge in [0.1, 0.15) is 12.6 Å². The van der Waals surface area contributed by atoms with Gasteiger partial charge in [-0.1, -0.05) is 36.4 Å². The summed E-state index contributed by atoms with van der Waals surface area (Å²) in [5.41, 5.74) is 3.50. The number of rotatable bonds is 4. The highest BCUT2D eigenvalue weighted by atomic mass is 16.6. The van der Waals surface area contributed by atoms with Crippen molar-refractivity contribution in [2.45, 2.75) is 39.3 Å². The summed E-state index contributed by atoms with van der Waals surface area (Å²) in [6.45, 7) is 3.93. The van der Waals surface area contributed by atoms with E-state index in [2.05, 4.69) is 5.32 Å². The molecule has 0 unspecified atom stereocenters. The first-order valence-electron chi connectivity index (χ1n) is 8.86. The number of imide groups is 1. The van der Waals surface area contributed by atoms with Crippen LogP contribution in [-0.4, -0.2) is 28.8 Å². The fourth-order valence-electron chi connectivity index (χ4n) is 3.22. The van der Waals surface area contributed by atoms with Crippen LogP contribution in [0.2, 0.25) is 0 Å². The highest BCUT2D eigenvalue weighted by Crippen LogP contribution is 2.23. The minimum atomic E-state index is -0.860. The molecule has 6 nitrogen and oxygen atoms in total. The molecule has 1 saturated heterocycles. The van der Waals surface area contributed by atoms with Crippen LogP contribution in [0.4, 0.5) is 10.5 Å². The summed E-state index contributed by atoms with van der Waals surface area (Å²) in [6.07, 6.45) is -0.358. The molecule has 0 saturated carbocycles. The van der Waals surface area contributed by atoms with Gasteiger partial charge in [0.2, 0.25) is 11.8 Å². The molecule has 140 valence electrons. The number of ether oxygens (including phenoxy) is 1. The van der Waals surface area contributed by atoms with Crippen molar-refractivity contribution in [2.24, 2.45) is 0 Å². The molecule has 0 spiro atoms. The molecule has 0 aromatic heterocycles. The van der Waals surface area contributed by atoms with E-state index in [-0.39, 0.29) is 25.4 Å². The van der Waals surface area contributed by atoms with Crippen LogP contribution in [0.25, 0.3) is 0 Å². The summed E-state index contributed by atoms with van der Waals surface area (Å²) in [4.78, 5) is 38.1. The lowest BCUT2D eigenvalue weighted by Gasteiger charge is -2.22. The van der Waals surface area contributed by atoms with Crippen LogP contribution in [0.1, 0.15) is 29.5 Å². The fraction of sp³-hybridized carbons (Fsp3) is 0.286. The van der Waals surface area contributed by atoms with Gasteiger partial charge in [-0.15, -0.1) is 0 Å². The maximum absolute atomic E-state index is 12.7. The normalized spacial score (nSPS) is 16.3. The summed E-state index contributed by atoms with van der Waals surface area (Å²) in [6, 6.07) is 14.0. The second kappa shape index (κ2) is 8.03. The van der Waals surface area contributed by atoms with E-state index < -0.39 is 18.0 Å². The second-order valence-electron chi connectivity index (χ2n) is 6.72. The monoisotopic (exact) mass is 366 g/mol. The Labute approximate surface area is 158 Å². The molecule has 2 aromatic carbocycles. The zero-order chi connectivity index (χ0) is 19.4. The number of aryl methyl sites for hydroxylation is 2. The van der Waals surface area contributed by atoms with Gasteiger partial charge in [-0.05, 0) is 49.1 Å². The van der Waals surface area contributed by atoms with Gasteiger partial charge >= 0.3 is 6.09 Å². The predicted molar refractivity (Wildman–Crippen MR) is 101 cm³/mol. The van der Waals surface area contributed by atoms with Gasteiger partial charge in [0, 0.05) is 12.1 Å². The summed E-state index contributed by atoms with van der Waals surface area (Å²) < 4.78 is 5.24. The third-order valence-electron chi connectivity index (χ3n) is 4.41. The Kier molecular flexibility index (Phi) is 5.54. The van der Waals surface area contributed by atoms with Crippen LogP contribution in [-0.2, 0) is 20.9 Å². The standard InChI is InChI=1S/C21H22N2O4/c1-14-10-15(2)12-17(11-14)22-20(25)18-8-9-19(24)23(18)21(26)27-13-16-6-4-3-5-7-16/h3-7,10-12,18H,8-9,13H2,1-2H3,(H,22,25)/t18-/m0/s1. The Morgan fingerprint density at radius 3 is 2.44 bits per heavy atom. The van der Waals surface area contributed by atoms with Crippen molar-refractivity contribution in [2.75, 3.05) is 5.32 Å². The number of hydrogen-bond acceptors (Lipinski definition) is 4. The van der Waals surface area contributed by atoms with E-state index in [9.17, 15) is 14.4 Å². The third kappa shape index (κ3) is 4.53. The lowest BCUT2D eigenvalue weighted by atomic mass is 10.1. The lowest BCUT2D eigenvalue weighted by molar-refractivity contribution is -0.131. The quantitative estimate of drug-likeness (QED) is 0.897. The van der Waals surface area contributed by atoms with Crippen molar-refractivity contribution in [3.05, 3.63) is 65.2 Å². The zero-order valence-corrected chi connectivity index (χ0v) is 15.4. The number of nitrogens with one attached hydrogen (secondary N) is 1. The number of hydrogen-bond donors (Lipinski definition) is 1. The third-order valence-corrected chi connectivity index (χ3v) is 4.41. The molecule has 2 aromatic rings. The maximum atomic E-state index is 12.7. The van der Waals surface area contributed by atoms with E-state index in [0.717, 1.165) is 21.6 Å². The van der Waals surface area contributed by atoms with Crippen LogP contribution in [0, 0.1) is 13.8 Å². The Morgan fingerprint density at radius 2 is 1.78 bits per heavy atom. The summed E-state index contributed by atoms with van der Waals surface area (Å²) in [7, 11) is 0. The van der Waals surface area contributed by atoms with Crippen molar-refractivity contribution in [1.82, 2.24) is 4.90 Å². The molecule has 3 amide bonds. The molecule has 1 N–H and O–H groups in total. The number of nitrogens with zero attached hydrogens (tertiary/aromatic N) is 1. The van der Waals surface area contributed by atoms with E-state index in [1.165, 1.54) is 0 Å². The Balaban J connectivity index is 1.67. The molecular formula is C21H22N2O4. The molecule has 27 heavy (non-hydrogen) atoms. The van der Waals surface area contributed by atoms with Gasteiger partial charge in [0.25, 0.3) is 0 Å². The highest BCUT2D eigenvalue weighted by molar-refractivity contribution is 6.04. The maximum Gasteiger partial charge on any atom is 0.417 e. The first kappa shape index (κ1) is 18.6. The largest absolute Gasteiger partial charge is 0.444 e. The van der Waals surface area contributed by atoms with Crippen LogP contribution in [0.5, 0.6) is 0 Å². The number of anilines is 1. The van der Waals surface area contributed by atoms with Gasteiger partial charge in [-0.3, -0.25) is 9.59 Å². The number of carbonyl (C=O) groups is 3. The van der Waals surface area contributed by atoms with Gasteiger partial charge in [-0.2, -0.15) is 0 Å². The Hall–Kier alpha value is -3.15. The van der Waals surface area contributed by atoms with Crippen molar-refractivity contribution < 1.29 is 19.1 Å². The number of benzene rings is 2. The second-order valence-corrected chi connectivity index (χ2v) is 6.72. The zero-order valence-electron chi connectivity index (χ0n) is 15.4. The molecule has 1 aliphatic rings. The van der Waals surface area contributed by atoms with Crippen molar-refractivity contribution in [3.63, 3.8) is 0 Å². The molecule has 1 heterocycles. The number of carbonyl (C=O) groups excluding carboxylic acids is 3. The first-order valence-corrected chi connectivity index (χ1v) is 8.86. The van der Waals surface area contributed by atoms with E-state index in [1.54, 1.807) is 0 Å². The fourth-order valence-corrected chi connectivity index (χ4v) is 3.22. The summed E-state index contributed by atoms with van der Waals surface area (Å²) in [5.74, 6) is -0.781. The van der Waals surface area contributed by atoms with Gasteiger partial charge in [0.15, 0.2) is 0 Å². The molecule has 1 aliphatic heterocycles. The van der Waals surface area contributed by atoms with Crippen LogP contribution >= 0.6 is 0 Å². The van der Waals surface area contributed by atoms with E-state index >= 15 is 0 Å². The molecule has 0 bridgehead atoms. The molecule has 1 atom stereocenters. The van der Waals surface area contributed by atoms with Crippen LogP contribution in [0.3, 0.4) is 0 Å². The highest BCUT2D eigenvalue weighted by Gasteiger charge is 2.41. The predicted octanol–water partition coefficient (Wildman–Crippen LogP) is 3.57. The van der Waals surface area contributed by atoms with E-state index in [0.29, 0.717) is 5.69 Å². The van der Waals surface area contributed by atoms with Crippen molar-refractivity contribution >= 4 is 23.6 Å². The summed E-state index contributed by atoms with van der Waals surface area (Å²) >= 11 is 0. The average molecular weight is 366 g/mol. The van der Waals surface area contributed by atoms with Crippen molar-refractivity contribution in [3.8, 4) is 0 Å². The molecule has 6 heteroatoms. The van der Waals surface area contributed by atoms with E-state index in [4.69, 9.17) is 4.74 Å². The minimum absolute atomic E-state index is 0.0505. The van der Waals surface area contributed by atoms with E-state index in [1.807, 2.05) is 62.4 Å². The number of likely N-dealkylation sites (tertiary alicyclic amines) is 1. The topological polar surface area (TPSA) is 75.7 Å². The van der Waals surface area contributed by atoms with Crippen LogP contribution in [0.15, 0.2) is 48.5 Å². The average Bonchev–Trinajstić information content (AvgIpc) is 3.01. The number of amides is 3. The molecule has 0 radical (unpaired) electrons. The Morgan fingerprint density at radius 1 is 1.11 bits per heavy atom. The van der Waals surface area contributed by atoms with Crippen LogP contribution < -0.4 is 5.32 Å². The van der Waals surface area contributed by atoms with Gasteiger partial charge < -0.3 is 10.1 Å². The summed E-state index contributed by atoms with van der Waals surface area (Å²) in [5, 5.41) is 2.80. The molecule has 1 fully saturated rings. The van der Waals surface area contributed by atoms with Gasteiger partial charge in [0.05, 0.1) is 0 Å². The molecular weight excluding hydrogens is 344 g/mol.